The van der Waals surface area contributed by atoms with E-state index in [9.17, 15) is 4.79 Å². The van der Waals surface area contributed by atoms with Gasteiger partial charge in [-0.1, -0.05) is 13.8 Å². The summed E-state index contributed by atoms with van der Waals surface area (Å²) in [6.45, 7) is 4.76. The van der Waals surface area contributed by atoms with Crippen LogP contribution in [0.2, 0.25) is 0 Å². The summed E-state index contributed by atoms with van der Waals surface area (Å²) in [5.74, 6) is -0.0267. The van der Waals surface area contributed by atoms with E-state index in [0.29, 0.717) is 24.8 Å². The van der Waals surface area contributed by atoms with Gasteiger partial charge in [-0.3, -0.25) is 0 Å². The Hall–Kier alpha value is -0.940. The Labute approximate surface area is 87.1 Å². The first-order valence-electron chi connectivity index (χ1n) is 4.45. The molecule has 0 fully saturated rings. The van der Waals surface area contributed by atoms with E-state index < -0.39 is 0 Å². The Morgan fingerprint density at radius 2 is 2.43 bits per heavy atom. The lowest BCUT2D eigenvalue weighted by Crippen LogP contribution is -2.10. The lowest BCUT2D eigenvalue weighted by Gasteiger charge is -2.04. The molecule has 1 aromatic heterocycles. The van der Waals surface area contributed by atoms with Gasteiger partial charge in [0.25, 0.3) is 0 Å². The van der Waals surface area contributed by atoms with E-state index in [2.05, 4.69) is 4.98 Å². The Bertz CT molecular complexity index is 310. The van der Waals surface area contributed by atoms with Crippen molar-refractivity contribution in [2.45, 2.75) is 20.4 Å². The summed E-state index contributed by atoms with van der Waals surface area (Å²) in [6.07, 6.45) is 0. The fourth-order valence-electron chi connectivity index (χ4n) is 0.815. The number of thiazole rings is 1. The molecule has 1 heterocycles. The number of esters is 1. The standard InChI is InChI=1S/C9H14N2O2S/c1-6(2)4-13-9(12)7-5-14-8(3-10)11-7/h5-6H,3-4,10H2,1-2H3. The van der Waals surface area contributed by atoms with Crippen molar-refractivity contribution in [3.8, 4) is 0 Å². The van der Waals surface area contributed by atoms with E-state index in [1.807, 2.05) is 13.8 Å². The summed E-state index contributed by atoms with van der Waals surface area (Å²) < 4.78 is 5.01. The normalized spacial score (nSPS) is 10.6. The Morgan fingerprint density at radius 1 is 1.71 bits per heavy atom. The van der Waals surface area contributed by atoms with Crippen LogP contribution in [0.5, 0.6) is 0 Å². The zero-order valence-electron chi connectivity index (χ0n) is 8.32. The molecule has 0 aliphatic rings. The molecular weight excluding hydrogens is 200 g/mol. The lowest BCUT2D eigenvalue weighted by atomic mass is 10.2. The van der Waals surface area contributed by atoms with Gasteiger partial charge in [-0.25, -0.2) is 9.78 Å². The topological polar surface area (TPSA) is 65.2 Å². The average molecular weight is 214 g/mol. The largest absolute Gasteiger partial charge is 0.461 e. The number of rotatable bonds is 4. The minimum absolute atomic E-state index is 0.339. The highest BCUT2D eigenvalue weighted by Crippen LogP contribution is 2.10. The molecular formula is C9H14N2O2S. The zero-order chi connectivity index (χ0) is 10.6. The number of nitrogens with zero attached hydrogens (tertiary/aromatic N) is 1. The minimum atomic E-state index is -0.366. The number of nitrogens with two attached hydrogens (primary N) is 1. The minimum Gasteiger partial charge on any atom is -0.461 e. The molecule has 0 bridgehead atoms. The molecule has 78 valence electrons. The maximum Gasteiger partial charge on any atom is 0.357 e. The molecule has 4 nitrogen and oxygen atoms in total. The quantitative estimate of drug-likeness (QED) is 0.770. The summed E-state index contributed by atoms with van der Waals surface area (Å²) in [5, 5.41) is 2.42. The van der Waals surface area contributed by atoms with E-state index in [1.165, 1.54) is 11.3 Å². The second kappa shape index (κ2) is 5.07. The molecule has 0 saturated carbocycles. The molecule has 5 heteroatoms. The van der Waals surface area contributed by atoms with E-state index in [1.54, 1.807) is 5.38 Å². The summed E-state index contributed by atoms with van der Waals surface area (Å²) >= 11 is 1.38. The van der Waals surface area contributed by atoms with Gasteiger partial charge in [0.1, 0.15) is 5.01 Å². The van der Waals surface area contributed by atoms with Crippen LogP contribution in [0.4, 0.5) is 0 Å². The van der Waals surface area contributed by atoms with Gasteiger partial charge in [-0.05, 0) is 5.92 Å². The third kappa shape index (κ3) is 3.08. The third-order valence-corrected chi connectivity index (χ3v) is 2.35. The highest BCUT2D eigenvalue weighted by atomic mass is 32.1. The summed E-state index contributed by atoms with van der Waals surface area (Å²) in [4.78, 5) is 15.4. The Balaban J connectivity index is 2.52. The van der Waals surface area contributed by atoms with Gasteiger partial charge in [-0.2, -0.15) is 0 Å². The van der Waals surface area contributed by atoms with Crippen molar-refractivity contribution >= 4 is 17.3 Å². The van der Waals surface area contributed by atoms with Crippen LogP contribution in [0.1, 0.15) is 29.3 Å². The summed E-state index contributed by atoms with van der Waals surface area (Å²) in [6, 6.07) is 0. The predicted molar refractivity (Wildman–Crippen MR) is 55.1 cm³/mol. The lowest BCUT2D eigenvalue weighted by molar-refractivity contribution is 0.0453. The molecule has 1 rings (SSSR count). The van der Waals surface area contributed by atoms with Crippen LogP contribution < -0.4 is 5.73 Å². The maximum atomic E-state index is 11.4. The number of hydrogen-bond acceptors (Lipinski definition) is 5. The molecule has 0 aliphatic carbocycles. The van der Waals surface area contributed by atoms with Crippen molar-refractivity contribution in [1.82, 2.24) is 4.98 Å². The first-order chi connectivity index (χ1) is 6.63. The monoisotopic (exact) mass is 214 g/mol. The maximum absolute atomic E-state index is 11.4. The van der Waals surface area contributed by atoms with Gasteiger partial charge in [0, 0.05) is 11.9 Å². The predicted octanol–water partition coefficient (Wildman–Crippen LogP) is 1.41. The van der Waals surface area contributed by atoms with Gasteiger partial charge in [-0.15, -0.1) is 11.3 Å². The molecule has 0 spiro atoms. The van der Waals surface area contributed by atoms with Crippen molar-refractivity contribution in [1.29, 1.82) is 0 Å². The highest BCUT2D eigenvalue weighted by molar-refractivity contribution is 7.09. The van der Waals surface area contributed by atoms with Crippen LogP contribution in [0.15, 0.2) is 5.38 Å². The highest BCUT2D eigenvalue weighted by Gasteiger charge is 2.11. The number of aromatic nitrogens is 1. The molecule has 1 aromatic rings. The Morgan fingerprint density at radius 3 is 2.93 bits per heavy atom. The fraction of sp³-hybridized carbons (Fsp3) is 0.556. The van der Waals surface area contributed by atoms with Crippen LogP contribution in [0, 0.1) is 5.92 Å². The van der Waals surface area contributed by atoms with Crippen LogP contribution >= 0.6 is 11.3 Å². The van der Waals surface area contributed by atoms with Crippen molar-refractivity contribution in [2.24, 2.45) is 11.7 Å². The van der Waals surface area contributed by atoms with Gasteiger partial charge in [0.2, 0.25) is 0 Å². The average Bonchev–Trinajstić information content (AvgIpc) is 2.62. The molecule has 0 amide bonds. The van der Waals surface area contributed by atoms with E-state index in [-0.39, 0.29) is 5.97 Å². The van der Waals surface area contributed by atoms with Crippen molar-refractivity contribution in [2.75, 3.05) is 6.61 Å². The molecule has 2 N–H and O–H groups in total. The van der Waals surface area contributed by atoms with E-state index in [4.69, 9.17) is 10.5 Å². The van der Waals surface area contributed by atoms with Crippen molar-refractivity contribution in [3.63, 3.8) is 0 Å². The number of carbonyl (C=O) groups is 1. The number of carbonyl (C=O) groups excluding carboxylic acids is 1. The van der Waals surface area contributed by atoms with Gasteiger partial charge >= 0.3 is 5.97 Å². The van der Waals surface area contributed by atoms with Crippen LogP contribution in [0.25, 0.3) is 0 Å². The molecule has 0 aromatic carbocycles. The van der Waals surface area contributed by atoms with E-state index in [0.717, 1.165) is 5.01 Å². The SMILES string of the molecule is CC(C)COC(=O)c1csc(CN)n1. The molecule has 0 aliphatic heterocycles. The summed E-state index contributed by atoms with van der Waals surface area (Å²) in [5.41, 5.74) is 5.74. The van der Waals surface area contributed by atoms with Crippen LogP contribution in [-0.4, -0.2) is 17.6 Å². The van der Waals surface area contributed by atoms with Gasteiger partial charge in [0.15, 0.2) is 5.69 Å². The smallest absolute Gasteiger partial charge is 0.357 e. The van der Waals surface area contributed by atoms with Gasteiger partial charge < -0.3 is 10.5 Å². The van der Waals surface area contributed by atoms with Crippen molar-refractivity contribution in [3.05, 3.63) is 16.1 Å². The molecule has 14 heavy (non-hydrogen) atoms. The van der Waals surface area contributed by atoms with E-state index >= 15 is 0 Å². The first-order valence-corrected chi connectivity index (χ1v) is 5.33. The third-order valence-electron chi connectivity index (χ3n) is 1.48. The fourth-order valence-corrected chi connectivity index (χ4v) is 1.46. The number of ether oxygens (including phenoxy) is 1. The molecule has 0 radical (unpaired) electrons. The second-order valence-corrected chi connectivity index (χ2v) is 4.27. The molecule has 0 saturated heterocycles. The van der Waals surface area contributed by atoms with Crippen LogP contribution in [0.3, 0.4) is 0 Å². The van der Waals surface area contributed by atoms with Crippen molar-refractivity contribution < 1.29 is 9.53 Å². The second-order valence-electron chi connectivity index (χ2n) is 3.32. The number of hydrogen-bond donors (Lipinski definition) is 1. The molecule has 0 atom stereocenters. The summed E-state index contributed by atoms with van der Waals surface area (Å²) in [7, 11) is 0. The van der Waals surface area contributed by atoms with Crippen LogP contribution in [-0.2, 0) is 11.3 Å². The molecule has 0 unspecified atom stereocenters. The first kappa shape index (κ1) is 11.1. The zero-order valence-corrected chi connectivity index (χ0v) is 9.13. The Kier molecular flexibility index (Phi) is 4.03. The van der Waals surface area contributed by atoms with Gasteiger partial charge in [0.05, 0.1) is 6.61 Å².